The van der Waals surface area contributed by atoms with E-state index in [-0.39, 0.29) is 6.61 Å². The zero-order valence-electron chi connectivity index (χ0n) is 11.3. The van der Waals surface area contributed by atoms with E-state index in [0.717, 1.165) is 11.4 Å². The molecule has 104 valence electrons. The van der Waals surface area contributed by atoms with Crippen molar-refractivity contribution in [3.63, 3.8) is 0 Å². The lowest BCUT2D eigenvalue weighted by Gasteiger charge is -2.11. The molecule has 5 heteroatoms. The highest BCUT2D eigenvalue weighted by molar-refractivity contribution is 6.00. The third-order valence-corrected chi connectivity index (χ3v) is 2.81. The van der Waals surface area contributed by atoms with Crippen LogP contribution in [-0.2, 0) is 6.61 Å². The average molecular weight is 274 g/mol. The molecular formula is C15H15FN2O2. The average Bonchev–Trinajstić information content (AvgIpc) is 2.44. The molecule has 0 saturated carbocycles. The Morgan fingerprint density at radius 1 is 1.35 bits per heavy atom. The van der Waals surface area contributed by atoms with Gasteiger partial charge in [-0.15, -0.1) is 0 Å². The predicted octanol–water partition coefficient (Wildman–Crippen LogP) is 3.31. The summed E-state index contributed by atoms with van der Waals surface area (Å²) in [5.74, 6) is -0.0877. The zero-order valence-corrected chi connectivity index (χ0v) is 11.3. The fraction of sp³-hybridized carbons (Fsp3) is 0.200. The summed E-state index contributed by atoms with van der Waals surface area (Å²) >= 11 is 0. The number of nitrogens with zero attached hydrogens (tertiary/aromatic N) is 2. The number of oxime groups is 1. The van der Waals surface area contributed by atoms with E-state index in [0.29, 0.717) is 17.0 Å². The standard InChI is InChI=1S/C15H15FN2O2/c1-10-4-3-5-13(17-10)9-20-15-8-12(16)6-7-14(15)11(2)18-19/h3-8,19H,9H2,1-2H3. The first-order chi connectivity index (χ1) is 9.60. The molecule has 1 N–H and O–H groups in total. The Morgan fingerprint density at radius 2 is 2.15 bits per heavy atom. The van der Waals surface area contributed by atoms with Gasteiger partial charge < -0.3 is 9.94 Å². The number of hydrogen-bond acceptors (Lipinski definition) is 4. The third-order valence-electron chi connectivity index (χ3n) is 2.81. The normalized spacial score (nSPS) is 11.4. The lowest BCUT2D eigenvalue weighted by molar-refractivity contribution is 0.297. The summed E-state index contributed by atoms with van der Waals surface area (Å²) in [4.78, 5) is 4.31. The Labute approximate surface area is 116 Å². The van der Waals surface area contributed by atoms with Crippen LogP contribution in [0.5, 0.6) is 5.75 Å². The number of ether oxygens (including phenoxy) is 1. The van der Waals surface area contributed by atoms with Gasteiger partial charge in [-0.2, -0.15) is 0 Å². The number of halogens is 1. The molecule has 0 saturated heterocycles. The smallest absolute Gasteiger partial charge is 0.131 e. The second-order valence-electron chi connectivity index (χ2n) is 4.38. The van der Waals surface area contributed by atoms with Crippen LogP contribution in [0.2, 0.25) is 0 Å². The minimum Gasteiger partial charge on any atom is -0.486 e. The summed E-state index contributed by atoms with van der Waals surface area (Å²) in [7, 11) is 0. The quantitative estimate of drug-likeness (QED) is 0.528. The Morgan fingerprint density at radius 3 is 2.85 bits per heavy atom. The van der Waals surface area contributed by atoms with E-state index < -0.39 is 5.82 Å². The van der Waals surface area contributed by atoms with Gasteiger partial charge in [0, 0.05) is 17.3 Å². The van der Waals surface area contributed by atoms with Gasteiger partial charge >= 0.3 is 0 Å². The van der Waals surface area contributed by atoms with Crippen molar-refractivity contribution in [2.45, 2.75) is 20.5 Å². The van der Waals surface area contributed by atoms with Crippen molar-refractivity contribution in [1.29, 1.82) is 0 Å². The second kappa shape index (κ2) is 6.14. The molecule has 0 spiro atoms. The molecule has 0 unspecified atom stereocenters. The minimum absolute atomic E-state index is 0.219. The number of hydrogen-bond donors (Lipinski definition) is 1. The van der Waals surface area contributed by atoms with Crippen molar-refractivity contribution >= 4 is 5.71 Å². The van der Waals surface area contributed by atoms with E-state index in [1.165, 1.54) is 18.2 Å². The van der Waals surface area contributed by atoms with Crippen molar-refractivity contribution in [3.8, 4) is 5.75 Å². The van der Waals surface area contributed by atoms with Crippen LogP contribution in [-0.4, -0.2) is 15.9 Å². The Bertz CT molecular complexity index is 642. The van der Waals surface area contributed by atoms with Crippen molar-refractivity contribution in [3.05, 3.63) is 59.2 Å². The molecule has 0 bridgehead atoms. The van der Waals surface area contributed by atoms with Crippen LogP contribution < -0.4 is 4.74 Å². The number of benzene rings is 1. The molecule has 0 aliphatic carbocycles. The van der Waals surface area contributed by atoms with Gasteiger partial charge in [-0.3, -0.25) is 4.98 Å². The van der Waals surface area contributed by atoms with Crippen molar-refractivity contribution in [2.75, 3.05) is 0 Å². The lowest BCUT2D eigenvalue weighted by atomic mass is 10.1. The van der Waals surface area contributed by atoms with Crippen LogP contribution in [0.1, 0.15) is 23.9 Å². The van der Waals surface area contributed by atoms with Gasteiger partial charge in [-0.1, -0.05) is 11.2 Å². The Balaban J connectivity index is 2.22. The van der Waals surface area contributed by atoms with Crippen LogP contribution >= 0.6 is 0 Å². The fourth-order valence-corrected chi connectivity index (χ4v) is 1.80. The molecule has 0 aliphatic heterocycles. The maximum atomic E-state index is 13.3. The predicted molar refractivity (Wildman–Crippen MR) is 73.7 cm³/mol. The fourth-order valence-electron chi connectivity index (χ4n) is 1.80. The van der Waals surface area contributed by atoms with Crippen LogP contribution in [0.3, 0.4) is 0 Å². The SMILES string of the molecule is CC(=NO)c1ccc(F)cc1OCc1cccc(C)n1. The molecule has 4 nitrogen and oxygen atoms in total. The number of rotatable bonds is 4. The first-order valence-corrected chi connectivity index (χ1v) is 6.14. The molecule has 0 amide bonds. The number of aryl methyl sites for hydroxylation is 1. The van der Waals surface area contributed by atoms with Crippen LogP contribution in [0.4, 0.5) is 4.39 Å². The van der Waals surface area contributed by atoms with Crippen molar-refractivity contribution in [2.24, 2.45) is 5.16 Å². The van der Waals surface area contributed by atoms with Gasteiger partial charge in [0.2, 0.25) is 0 Å². The molecule has 2 rings (SSSR count). The summed E-state index contributed by atoms with van der Waals surface area (Å²) < 4.78 is 18.9. The summed E-state index contributed by atoms with van der Waals surface area (Å²) in [6.07, 6.45) is 0. The van der Waals surface area contributed by atoms with Crippen LogP contribution in [0.25, 0.3) is 0 Å². The second-order valence-corrected chi connectivity index (χ2v) is 4.38. The minimum atomic E-state index is -0.410. The maximum absolute atomic E-state index is 13.3. The van der Waals surface area contributed by atoms with E-state index in [1.54, 1.807) is 6.92 Å². The van der Waals surface area contributed by atoms with Crippen molar-refractivity contribution in [1.82, 2.24) is 4.98 Å². The zero-order chi connectivity index (χ0) is 14.5. The largest absolute Gasteiger partial charge is 0.486 e. The van der Waals surface area contributed by atoms with Crippen LogP contribution in [0.15, 0.2) is 41.6 Å². The molecule has 20 heavy (non-hydrogen) atoms. The lowest BCUT2D eigenvalue weighted by Crippen LogP contribution is -2.04. The summed E-state index contributed by atoms with van der Waals surface area (Å²) in [6, 6.07) is 9.68. The molecule has 0 radical (unpaired) electrons. The summed E-state index contributed by atoms with van der Waals surface area (Å²) in [6.45, 7) is 3.72. The summed E-state index contributed by atoms with van der Waals surface area (Å²) in [5, 5.41) is 11.9. The number of aromatic nitrogens is 1. The molecule has 0 fully saturated rings. The van der Waals surface area contributed by atoms with Gasteiger partial charge in [0.1, 0.15) is 18.2 Å². The summed E-state index contributed by atoms with van der Waals surface area (Å²) in [5.41, 5.74) is 2.54. The highest BCUT2D eigenvalue weighted by atomic mass is 19.1. The molecule has 0 atom stereocenters. The van der Waals surface area contributed by atoms with Gasteiger partial charge in [0.25, 0.3) is 0 Å². The van der Waals surface area contributed by atoms with E-state index in [9.17, 15) is 4.39 Å². The molecule has 1 aromatic heterocycles. The third kappa shape index (κ3) is 3.32. The Kier molecular flexibility index (Phi) is 4.30. The number of pyridine rings is 1. The van der Waals surface area contributed by atoms with E-state index in [4.69, 9.17) is 9.94 Å². The van der Waals surface area contributed by atoms with Crippen molar-refractivity contribution < 1.29 is 14.3 Å². The Hall–Kier alpha value is -2.43. The maximum Gasteiger partial charge on any atom is 0.131 e. The first-order valence-electron chi connectivity index (χ1n) is 6.14. The highest BCUT2D eigenvalue weighted by Gasteiger charge is 2.09. The van der Waals surface area contributed by atoms with E-state index >= 15 is 0 Å². The van der Waals surface area contributed by atoms with Gasteiger partial charge in [0.05, 0.1) is 11.4 Å². The first kappa shape index (κ1) is 14.0. The highest BCUT2D eigenvalue weighted by Crippen LogP contribution is 2.22. The van der Waals surface area contributed by atoms with Gasteiger partial charge in [-0.05, 0) is 38.1 Å². The molecule has 1 heterocycles. The molecule has 0 aliphatic rings. The molecular weight excluding hydrogens is 259 g/mol. The van der Waals surface area contributed by atoms with E-state index in [1.807, 2.05) is 25.1 Å². The van der Waals surface area contributed by atoms with Gasteiger partial charge in [0.15, 0.2) is 0 Å². The molecule has 2 aromatic rings. The monoisotopic (exact) mass is 274 g/mol. The van der Waals surface area contributed by atoms with Gasteiger partial charge in [-0.25, -0.2) is 4.39 Å². The molecule has 1 aromatic carbocycles. The van der Waals surface area contributed by atoms with Crippen LogP contribution in [0, 0.1) is 12.7 Å². The van der Waals surface area contributed by atoms with E-state index in [2.05, 4.69) is 10.1 Å². The topological polar surface area (TPSA) is 54.7 Å².